The number of nitrogens with zero attached hydrogens (tertiary/aromatic N) is 2. The molecule has 0 aromatic rings. The molecule has 5 atom stereocenters. The summed E-state index contributed by atoms with van der Waals surface area (Å²) < 4.78 is 0. The number of piperidine rings is 3. The molecule has 0 radical (unpaired) electrons. The summed E-state index contributed by atoms with van der Waals surface area (Å²) in [6.07, 6.45) is 10.2. The van der Waals surface area contributed by atoms with E-state index in [4.69, 9.17) is 0 Å². The van der Waals surface area contributed by atoms with Crippen LogP contribution in [-0.2, 0) is 0 Å². The van der Waals surface area contributed by atoms with Crippen molar-refractivity contribution >= 4 is 0 Å². The van der Waals surface area contributed by atoms with E-state index in [0.29, 0.717) is 0 Å². The molecule has 2 heteroatoms. The van der Waals surface area contributed by atoms with Crippen molar-refractivity contribution in [3.8, 4) is 0 Å². The van der Waals surface area contributed by atoms with Crippen LogP contribution >= 0.6 is 0 Å². The molecule has 0 aromatic heterocycles. The van der Waals surface area contributed by atoms with E-state index in [1.165, 1.54) is 51.5 Å². The largest absolute Gasteiger partial charge is 0.303 e. The second-order valence-corrected chi connectivity index (χ2v) is 8.27. The van der Waals surface area contributed by atoms with Crippen LogP contribution in [0.1, 0.15) is 58.8 Å². The summed E-state index contributed by atoms with van der Waals surface area (Å²) in [7, 11) is 4.58. The van der Waals surface area contributed by atoms with E-state index in [9.17, 15) is 0 Å². The molecule has 1 aliphatic carbocycles. The van der Waals surface area contributed by atoms with Gasteiger partial charge >= 0.3 is 0 Å². The Kier molecular flexibility index (Phi) is 4.42. The average Bonchev–Trinajstić information content (AvgIpc) is 2.63. The van der Waals surface area contributed by atoms with Crippen molar-refractivity contribution in [3.63, 3.8) is 0 Å². The fourth-order valence-electron chi connectivity index (χ4n) is 5.30. The van der Waals surface area contributed by atoms with E-state index in [1.807, 2.05) is 0 Å². The average molecular weight is 278 g/mol. The van der Waals surface area contributed by atoms with Crippen molar-refractivity contribution in [2.45, 2.75) is 76.9 Å². The highest BCUT2D eigenvalue weighted by Gasteiger charge is 2.37. The van der Waals surface area contributed by atoms with E-state index in [0.717, 1.165) is 35.9 Å². The molecule has 1 saturated carbocycles. The maximum atomic E-state index is 2.60. The predicted molar refractivity (Wildman–Crippen MR) is 85.9 cm³/mol. The standard InChI is InChI=1S/2C9H17N/c1-7-5-9-4-3-8(7)6-10(9)2;1-7-5-8-3-4-9(6-7)10(8)2/h2*7-9H,3-6H2,1-2H3. The molecule has 0 N–H and O–H groups in total. The second kappa shape index (κ2) is 5.96. The van der Waals surface area contributed by atoms with Crippen molar-refractivity contribution in [1.29, 1.82) is 0 Å². The zero-order valence-electron chi connectivity index (χ0n) is 14.0. The Morgan fingerprint density at radius 1 is 0.750 bits per heavy atom. The highest BCUT2D eigenvalue weighted by molar-refractivity contribution is 4.92. The first-order valence-corrected chi connectivity index (χ1v) is 8.96. The normalized spacial score (nSPS) is 48.0. The summed E-state index contributed by atoms with van der Waals surface area (Å²) >= 11 is 0. The Labute approximate surface area is 125 Å². The molecule has 4 aliphatic heterocycles. The van der Waals surface area contributed by atoms with Gasteiger partial charge in [0.15, 0.2) is 0 Å². The van der Waals surface area contributed by atoms with Crippen molar-refractivity contribution in [1.82, 2.24) is 9.80 Å². The van der Waals surface area contributed by atoms with Crippen LogP contribution in [0.2, 0.25) is 0 Å². The highest BCUT2D eigenvalue weighted by Crippen LogP contribution is 2.38. The number of hydrogen-bond donors (Lipinski definition) is 0. The van der Waals surface area contributed by atoms with Crippen LogP contribution in [0.3, 0.4) is 0 Å². The first-order chi connectivity index (χ1) is 9.54. The number of hydrogen-bond acceptors (Lipinski definition) is 2. The predicted octanol–water partition coefficient (Wildman–Crippen LogP) is 3.62. The molecule has 116 valence electrons. The lowest BCUT2D eigenvalue weighted by molar-refractivity contribution is 0.0310. The van der Waals surface area contributed by atoms with Crippen molar-refractivity contribution in [2.75, 3.05) is 20.6 Å². The fraction of sp³-hybridized carbons (Fsp3) is 1.00. The summed E-state index contributed by atoms with van der Waals surface area (Å²) in [6.45, 7) is 6.19. The summed E-state index contributed by atoms with van der Waals surface area (Å²) in [6, 6.07) is 2.81. The van der Waals surface area contributed by atoms with Gasteiger partial charge in [-0.15, -0.1) is 0 Å². The van der Waals surface area contributed by atoms with Crippen LogP contribution in [-0.4, -0.2) is 48.6 Å². The van der Waals surface area contributed by atoms with Crippen LogP contribution in [0.4, 0.5) is 0 Å². The fourth-order valence-corrected chi connectivity index (χ4v) is 5.30. The maximum Gasteiger partial charge on any atom is 0.00982 e. The van der Waals surface area contributed by atoms with Gasteiger partial charge in [-0.3, -0.25) is 0 Å². The molecule has 0 aromatic carbocycles. The molecule has 4 heterocycles. The van der Waals surface area contributed by atoms with Crippen molar-refractivity contribution < 1.29 is 0 Å². The Bertz CT molecular complexity index is 291. The number of rotatable bonds is 0. The number of fused-ring (bicyclic) bond motifs is 5. The molecule has 0 spiro atoms. The van der Waals surface area contributed by atoms with Gasteiger partial charge in [-0.05, 0) is 76.8 Å². The van der Waals surface area contributed by atoms with E-state index >= 15 is 0 Å². The van der Waals surface area contributed by atoms with Crippen LogP contribution < -0.4 is 0 Å². The van der Waals surface area contributed by atoms with E-state index in [2.05, 4.69) is 37.7 Å². The van der Waals surface area contributed by atoms with Gasteiger partial charge in [-0.25, -0.2) is 0 Å². The van der Waals surface area contributed by atoms with Gasteiger partial charge in [0, 0.05) is 24.7 Å². The minimum absolute atomic E-state index is 0.931. The van der Waals surface area contributed by atoms with Crippen LogP contribution in [0.25, 0.3) is 0 Å². The molecule has 5 fully saturated rings. The van der Waals surface area contributed by atoms with Gasteiger partial charge in [-0.1, -0.05) is 13.8 Å². The summed E-state index contributed by atoms with van der Waals surface area (Å²) in [5, 5.41) is 0. The van der Waals surface area contributed by atoms with Gasteiger partial charge in [0.05, 0.1) is 0 Å². The third kappa shape index (κ3) is 2.92. The topological polar surface area (TPSA) is 6.48 Å². The third-order valence-electron chi connectivity index (χ3n) is 6.80. The van der Waals surface area contributed by atoms with Gasteiger partial charge in [0.25, 0.3) is 0 Å². The molecule has 4 bridgehead atoms. The van der Waals surface area contributed by atoms with Gasteiger partial charge in [0.2, 0.25) is 0 Å². The first-order valence-electron chi connectivity index (χ1n) is 8.96. The molecule has 5 aliphatic rings. The molecule has 5 unspecified atom stereocenters. The van der Waals surface area contributed by atoms with E-state index in [1.54, 1.807) is 0 Å². The minimum Gasteiger partial charge on any atom is -0.303 e. The molecule has 5 rings (SSSR count). The Morgan fingerprint density at radius 2 is 1.35 bits per heavy atom. The van der Waals surface area contributed by atoms with Gasteiger partial charge in [-0.2, -0.15) is 0 Å². The molecule has 2 nitrogen and oxygen atoms in total. The molecular formula is C18H34N2. The van der Waals surface area contributed by atoms with Crippen LogP contribution in [0.5, 0.6) is 0 Å². The molecule has 0 amide bonds. The van der Waals surface area contributed by atoms with Crippen LogP contribution in [0.15, 0.2) is 0 Å². The maximum absolute atomic E-state index is 2.60. The van der Waals surface area contributed by atoms with Crippen molar-refractivity contribution in [2.24, 2.45) is 17.8 Å². The SMILES string of the molecule is CC1CC2CCC(C1)N2C.CC1CC2CCC1CN2C. The highest BCUT2D eigenvalue weighted by atomic mass is 15.2. The van der Waals surface area contributed by atoms with Gasteiger partial charge in [0.1, 0.15) is 0 Å². The van der Waals surface area contributed by atoms with Gasteiger partial charge < -0.3 is 9.80 Å². The lowest BCUT2D eigenvalue weighted by Gasteiger charge is -2.47. The molecule has 4 saturated heterocycles. The minimum atomic E-state index is 0.931. The Balaban J connectivity index is 0.000000121. The smallest absolute Gasteiger partial charge is 0.00982 e. The van der Waals surface area contributed by atoms with E-state index < -0.39 is 0 Å². The van der Waals surface area contributed by atoms with Crippen LogP contribution in [0, 0.1) is 17.8 Å². The lowest BCUT2D eigenvalue weighted by atomic mass is 9.73. The second-order valence-electron chi connectivity index (χ2n) is 8.27. The Hall–Kier alpha value is -0.0800. The first kappa shape index (κ1) is 14.8. The lowest BCUT2D eigenvalue weighted by Crippen LogP contribution is -2.49. The monoisotopic (exact) mass is 278 g/mol. The summed E-state index contributed by atoms with van der Waals surface area (Å²) in [4.78, 5) is 5.15. The van der Waals surface area contributed by atoms with Crippen molar-refractivity contribution in [3.05, 3.63) is 0 Å². The molecule has 20 heavy (non-hydrogen) atoms. The zero-order valence-corrected chi connectivity index (χ0v) is 14.0. The molecular weight excluding hydrogens is 244 g/mol. The zero-order chi connectivity index (χ0) is 14.3. The third-order valence-corrected chi connectivity index (χ3v) is 6.80. The van der Waals surface area contributed by atoms with E-state index in [-0.39, 0.29) is 0 Å². The quantitative estimate of drug-likeness (QED) is 0.668. The Morgan fingerprint density at radius 3 is 1.75 bits per heavy atom. The summed E-state index contributed by atoms with van der Waals surface area (Å²) in [5.41, 5.74) is 0. The summed E-state index contributed by atoms with van der Waals surface area (Å²) in [5.74, 6) is 3.03.